The summed E-state index contributed by atoms with van der Waals surface area (Å²) in [5, 5.41) is 14.1. The highest BCUT2D eigenvalue weighted by Crippen LogP contribution is 2.22. The normalized spacial score (nSPS) is 10.0. The van der Waals surface area contributed by atoms with Crippen molar-refractivity contribution in [3.8, 4) is 0 Å². The molecule has 0 fully saturated rings. The second-order valence-corrected chi connectivity index (χ2v) is 4.93. The first kappa shape index (κ1) is 12.0. The Bertz CT molecular complexity index is 543. The summed E-state index contributed by atoms with van der Waals surface area (Å²) < 4.78 is 0.826. The highest BCUT2D eigenvalue weighted by Gasteiger charge is 2.13. The van der Waals surface area contributed by atoms with E-state index in [1.165, 1.54) is 11.3 Å². The van der Waals surface area contributed by atoms with E-state index in [9.17, 15) is 4.79 Å². The summed E-state index contributed by atoms with van der Waals surface area (Å²) in [6.07, 6.45) is 0. The number of hydrogen-bond acceptors (Lipinski definition) is 5. The molecule has 0 aliphatic rings. The summed E-state index contributed by atoms with van der Waals surface area (Å²) >= 11 is 4.56. The molecule has 0 bridgehead atoms. The van der Waals surface area contributed by atoms with Crippen molar-refractivity contribution in [2.45, 2.75) is 0 Å². The Labute approximate surface area is 110 Å². The Morgan fingerprint density at radius 1 is 1.35 bits per heavy atom. The molecule has 1 heterocycles. The number of nitrogens with one attached hydrogen (secondary N) is 2. The van der Waals surface area contributed by atoms with E-state index in [4.69, 9.17) is 0 Å². The molecule has 0 saturated heterocycles. The number of anilines is 2. The quantitative estimate of drug-likeness (QED) is 0.914. The van der Waals surface area contributed by atoms with Crippen LogP contribution in [-0.2, 0) is 0 Å². The Hall–Kier alpha value is -1.47. The second kappa shape index (κ2) is 5.24. The number of hydrogen-bond donors (Lipinski definition) is 2. The summed E-state index contributed by atoms with van der Waals surface area (Å²) in [6.45, 7) is 0. The van der Waals surface area contributed by atoms with Crippen molar-refractivity contribution in [3.63, 3.8) is 0 Å². The molecule has 5 nitrogen and oxygen atoms in total. The topological polar surface area (TPSA) is 66.9 Å². The Morgan fingerprint density at radius 3 is 2.76 bits per heavy atom. The molecule has 2 N–H and O–H groups in total. The molecule has 0 atom stereocenters. The molecule has 1 aromatic heterocycles. The number of nitrogens with zero attached hydrogens (tertiary/aromatic N) is 2. The van der Waals surface area contributed by atoms with E-state index in [1.54, 1.807) is 7.05 Å². The van der Waals surface area contributed by atoms with Crippen LogP contribution in [0.25, 0.3) is 0 Å². The van der Waals surface area contributed by atoms with Gasteiger partial charge in [0.15, 0.2) is 0 Å². The van der Waals surface area contributed by atoms with Crippen LogP contribution in [0.4, 0.5) is 10.8 Å². The van der Waals surface area contributed by atoms with Crippen molar-refractivity contribution in [2.24, 2.45) is 0 Å². The van der Waals surface area contributed by atoms with Crippen molar-refractivity contribution in [2.75, 3.05) is 17.7 Å². The number of rotatable bonds is 3. The standard InChI is InChI=1S/C10H9BrN4OS/c1-12-10-15-14-9(17-10)8(16)13-7-5-3-2-4-6(7)11/h2-5H,1H3,(H,12,15)(H,13,16). The Balaban J connectivity index is 2.14. The molecule has 0 saturated carbocycles. The molecular formula is C10H9BrN4OS. The Kier molecular flexibility index (Phi) is 3.70. The van der Waals surface area contributed by atoms with Gasteiger partial charge < -0.3 is 10.6 Å². The average Bonchev–Trinajstić information content (AvgIpc) is 2.81. The number of amides is 1. The van der Waals surface area contributed by atoms with Gasteiger partial charge in [0, 0.05) is 11.5 Å². The molecule has 7 heteroatoms. The molecule has 1 amide bonds. The first-order chi connectivity index (χ1) is 8.20. The van der Waals surface area contributed by atoms with Gasteiger partial charge in [-0.2, -0.15) is 0 Å². The maximum absolute atomic E-state index is 11.8. The highest BCUT2D eigenvalue weighted by atomic mass is 79.9. The van der Waals surface area contributed by atoms with E-state index in [0.29, 0.717) is 15.8 Å². The first-order valence-electron chi connectivity index (χ1n) is 4.78. The molecule has 1 aromatic carbocycles. The van der Waals surface area contributed by atoms with Crippen LogP contribution in [-0.4, -0.2) is 23.2 Å². The lowest BCUT2D eigenvalue weighted by molar-refractivity contribution is 0.102. The number of aromatic nitrogens is 2. The van der Waals surface area contributed by atoms with Gasteiger partial charge in [-0.05, 0) is 28.1 Å². The largest absolute Gasteiger partial charge is 0.363 e. The molecule has 0 spiro atoms. The van der Waals surface area contributed by atoms with Crippen molar-refractivity contribution in [1.29, 1.82) is 0 Å². The van der Waals surface area contributed by atoms with Gasteiger partial charge in [-0.3, -0.25) is 4.79 Å². The molecule has 0 aliphatic heterocycles. The van der Waals surface area contributed by atoms with Gasteiger partial charge in [-0.25, -0.2) is 0 Å². The minimum absolute atomic E-state index is 0.268. The minimum Gasteiger partial charge on any atom is -0.363 e. The number of carbonyl (C=O) groups excluding carboxylic acids is 1. The highest BCUT2D eigenvalue weighted by molar-refractivity contribution is 9.10. The lowest BCUT2D eigenvalue weighted by Crippen LogP contribution is -2.11. The summed E-state index contributed by atoms with van der Waals surface area (Å²) in [5.74, 6) is -0.268. The SMILES string of the molecule is CNc1nnc(C(=O)Nc2ccccc2Br)s1. The van der Waals surface area contributed by atoms with E-state index >= 15 is 0 Å². The van der Waals surface area contributed by atoms with E-state index in [2.05, 4.69) is 36.8 Å². The number of para-hydroxylation sites is 1. The van der Waals surface area contributed by atoms with Crippen LogP contribution in [0, 0.1) is 0 Å². The summed E-state index contributed by atoms with van der Waals surface area (Å²) in [4.78, 5) is 11.8. The van der Waals surface area contributed by atoms with Gasteiger partial charge in [-0.1, -0.05) is 23.5 Å². The van der Waals surface area contributed by atoms with Gasteiger partial charge >= 0.3 is 0 Å². The van der Waals surface area contributed by atoms with Crippen LogP contribution in [0.1, 0.15) is 9.80 Å². The first-order valence-corrected chi connectivity index (χ1v) is 6.39. The van der Waals surface area contributed by atoms with Gasteiger partial charge in [0.25, 0.3) is 5.91 Å². The summed E-state index contributed by atoms with van der Waals surface area (Å²) in [7, 11) is 1.73. The molecule has 88 valence electrons. The third-order valence-corrected chi connectivity index (χ3v) is 3.59. The van der Waals surface area contributed by atoms with Crippen molar-refractivity contribution in [1.82, 2.24) is 10.2 Å². The number of halogens is 1. The maximum atomic E-state index is 11.8. The fraction of sp³-hybridized carbons (Fsp3) is 0.100. The molecule has 2 aromatic rings. The monoisotopic (exact) mass is 312 g/mol. The van der Waals surface area contributed by atoms with E-state index < -0.39 is 0 Å². The van der Waals surface area contributed by atoms with Crippen LogP contribution in [0.15, 0.2) is 28.7 Å². The van der Waals surface area contributed by atoms with Crippen LogP contribution in [0.3, 0.4) is 0 Å². The van der Waals surface area contributed by atoms with Gasteiger partial charge in [0.1, 0.15) is 0 Å². The number of carbonyl (C=O) groups is 1. The lowest BCUT2D eigenvalue weighted by atomic mass is 10.3. The predicted molar refractivity (Wildman–Crippen MR) is 71.6 cm³/mol. The van der Waals surface area contributed by atoms with E-state index in [-0.39, 0.29) is 5.91 Å². The molecular weight excluding hydrogens is 304 g/mol. The van der Waals surface area contributed by atoms with Gasteiger partial charge in [-0.15, -0.1) is 10.2 Å². The molecule has 0 unspecified atom stereocenters. The minimum atomic E-state index is -0.268. The zero-order chi connectivity index (χ0) is 12.3. The average molecular weight is 313 g/mol. The third-order valence-electron chi connectivity index (χ3n) is 1.96. The van der Waals surface area contributed by atoms with Gasteiger partial charge in [0.2, 0.25) is 10.1 Å². The zero-order valence-electron chi connectivity index (χ0n) is 8.90. The smallest absolute Gasteiger partial charge is 0.286 e. The summed E-state index contributed by atoms with van der Waals surface area (Å²) in [6, 6.07) is 7.39. The van der Waals surface area contributed by atoms with Crippen LogP contribution >= 0.6 is 27.3 Å². The van der Waals surface area contributed by atoms with E-state index in [1.807, 2.05) is 24.3 Å². The molecule has 0 radical (unpaired) electrons. The second-order valence-electron chi connectivity index (χ2n) is 3.10. The fourth-order valence-electron chi connectivity index (χ4n) is 1.15. The Morgan fingerprint density at radius 2 is 2.12 bits per heavy atom. The van der Waals surface area contributed by atoms with Crippen molar-refractivity contribution >= 4 is 44.0 Å². The van der Waals surface area contributed by atoms with Crippen molar-refractivity contribution in [3.05, 3.63) is 33.7 Å². The molecule has 0 aliphatic carbocycles. The van der Waals surface area contributed by atoms with Crippen LogP contribution < -0.4 is 10.6 Å². The lowest BCUT2D eigenvalue weighted by Gasteiger charge is -2.04. The van der Waals surface area contributed by atoms with Crippen LogP contribution in [0.2, 0.25) is 0 Å². The van der Waals surface area contributed by atoms with Crippen molar-refractivity contribution < 1.29 is 4.79 Å². The predicted octanol–water partition coefficient (Wildman–Crippen LogP) is 2.59. The molecule has 17 heavy (non-hydrogen) atoms. The maximum Gasteiger partial charge on any atom is 0.286 e. The van der Waals surface area contributed by atoms with Crippen LogP contribution in [0.5, 0.6) is 0 Å². The fourth-order valence-corrected chi connectivity index (χ4v) is 2.13. The van der Waals surface area contributed by atoms with E-state index in [0.717, 1.165) is 4.47 Å². The third kappa shape index (κ3) is 2.80. The summed E-state index contributed by atoms with van der Waals surface area (Å²) in [5.41, 5.74) is 0.707. The van der Waals surface area contributed by atoms with Gasteiger partial charge in [0.05, 0.1) is 5.69 Å². The zero-order valence-corrected chi connectivity index (χ0v) is 11.3. The number of benzene rings is 1. The molecule has 2 rings (SSSR count).